The van der Waals surface area contributed by atoms with Gasteiger partial charge in [0.25, 0.3) is 11.8 Å². The highest BCUT2D eigenvalue weighted by Gasteiger charge is 2.34. The van der Waals surface area contributed by atoms with E-state index in [0.29, 0.717) is 22.2 Å². The highest BCUT2D eigenvalue weighted by atomic mass is 127. The normalized spacial score (nSPS) is 15.7. The van der Waals surface area contributed by atoms with Crippen LogP contribution in [0.5, 0.6) is 0 Å². The first-order valence-electron chi connectivity index (χ1n) is 8.45. The van der Waals surface area contributed by atoms with E-state index in [9.17, 15) is 9.59 Å². The molecule has 0 saturated carbocycles. The third-order valence-electron chi connectivity index (χ3n) is 4.23. The molecule has 29 heavy (non-hydrogen) atoms. The summed E-state index contributed by atoms with van der Waals surface area (Å²) in [5, 5.41) is 3.08. The largest absolute Gasteiger partial charge is 0.457 e. The summed E-state index contributed by atoms with van der Waals surface area (Å²) in [6, 6.07) is 17.9. The van der Waals surface area contributed by atoms with Crippen molar-refractivity contribution in [1.82, 2.24) is 5.32 Å². The van der Waals surface area contributed by atoms with Crippen molar-refractivity contribution in [3.05, 3.63) is 80.6 Å². The summed E-state index contributed by atoms with van der Waals surface area (Å²) in [6.45, 7) is 0. The number of hydrogen-bond acceptors (Lipinski definition) is 4. The number of nitrogens with zero attached hydrogens (tertiary/aromatic N) is 1. The zero-order chi connectivity index (χ0) is 20.5. The lowest BCUT2D eigenvalue weighted by Crippen LogP contribution is -2.54. The molecule has 144 valence electrons. The van der Waals surface area contributed by atoms with Crippen LogP contribution < -0.4 is 10.2 Å². The average Bonchev–Trinajstić information content (AvgIpc) is 3.16. The van der Waals surface area contributed by atoms with Gasteiger partial charge in [0.2, 0.25) is 0 Å². The maximum absolute atomic E-state index is 13.0. The molecule has 8 heteroatoms. The van der Waals surface area contributed by atoms with E-state index >= 15 is 0 Å². The van der Waals surface area contributed by atoms with Gasteiger partial charge in [-0.25, -0.2) is 0 Å². The molecule has 1 N–H and O–H groups in total. The van der Waals surface area contributed by atoms with Gasteiger partial charge >= 0.3 is 0 Å². The predicted molar refractivity (Wildman–Crippen MR) is 125 cm³/mol. The Morgan fingerprint density at radius 2 is 1.69 bits per heavy atom. The van der Waals surface area contributed by atoms with E-state index < -0.39 is 11.8 Å². The average molecular weight is 535 g/mol. The summed E-state index contributed by atoms with van der Waals surface area (Å²) in [4.78, 5) is 26.6. The second-order valence-corrected chi connectivity index (χ2v) is 8.21. The predicted octanol–water partition coefficient (Wildman–Crippen LogP) is 5.04. The zero-order valence-electron chi connectivity index (χ0n) is 14.7. The Balaban J connectivity index is 1.66. The maximum atomic E-state index is 13.0. The molecule has 2 heterocycles. The van der Waals surface area contributed by atoms with Crippen LogP contribution in [0, 0.1) is 3.57 Å². The van der Waals surface area contributed by atoms with Gasteiger partial charge in [-0.15, -0.1) is 0 Å². The lowest BCUT2D eigenvalue weighted by Gasteiger charge is -2.28. The van der Waals surface area contributed by atoms with Crippen LogP contribution in [0.4, 0.5) is 5.69 Å². The smallest absolute Gasteiger partial charge is 0.270 e. The van der Waals surface area contributed by atoms with Gasteiger partial charge in [-0.05, 0) is 89.4 Å². The van der Waals surface area contributed by atoms with Crippen LogP contribution >= 0.6 is 46.4 Å². The molecule has 1 aliphatic rings. The summed E-state index contributed by atoms with van der Waals surface area (Å²) in [5.74, 6) is -0.0753. The third kappa shape index (κ3) is 4.12. The molecule has 0 bridgehead atoms. The van der Waals surface area contributed by atoms with E-state index in [1.54, 1.807) is 36.4 Å². The standard InChI is InChI=1S/C21H12ClIN2O3S/c22-13-3-7-15(8-4-13)25-20(27)17(19(26)24-21(25)29)11-16-9-10-18(28-16)12-1-5-14(23)6-2-12/h1-11H,(H,24,26,29)/b17-11+. The summed E-state index contributed by atoms with van der Waals surface area (Å²) >= 11 is 13.3. The van der Waals surface area contributed by atoms with Crippen molar-refractivity contribution < 1.29 is 14.0 Å². The molecule has 1 aromatic heterocycles. The van der Waals surface area contributed by atoms with Crippen LogP contribution in [0.25, 0.3) is 17.4 Å². The number of halogens is 2. The Labute approximate surface area is 190 Å². The minimum Gasteiger partial charge on any atom is -0.457 e. The first kappa shape index (κ1) is 19.8. The molecule has 5 nitrogen and oxygen atoms in total. The number of hydrogen-bond donors (Lipinski definition) is 1. The first-order chi connectivity index (χ1) is 13.9. The Bertz CT molecular complexity index is 1150. The number of amides is 2. The first-order valence-corrected chi connectivity index (χ1v) is 10.3. The Hall–Kier alpha value is -2.49. The van der Waals surface area contributed by atoms with E-state index in [1.165, 1.54) is 11.0 Å². The van der Waals surface area contributed by atoms with Gasteiger partial charge in [-0.1, -0.05) is 23.7 Å². The molecule has 3 aromatic rings. The number of benzene rings is 2. The number of nitrogens with one attached hydrogen (secondary N) is 1. The Kier molecular flexibility index (Phi) is 5.53. The number of anilines is 1. The SMILES string of the molecule is O=C1NC(=S)N(c2ccc(Cl)cc2)C(=O)/C1=C/c1ccc(-c2ccc(I)cc2)o1. The van der Waals surface area contributed by atoms with Gasteiger partial charge in [0.05, 0.1) is 5.69 Å². The molecule has 1 fully saturated rings. The van der Waals surface area contributed by atoms with Crippen molar-refractivity contribution in [2.45, 2.75) is 0 Å². The van der Waals surface area contributed by atoms with Crippen LogP contribution in [0.3, 0.4) is 0 Å². The molecule has 1 saturated heterocycles. The number of thiocarbonyl (C=S) groups is 1. The molecule has 2 amide bonds. The summed E-state index contributed by atoms with van der Waals surface area (Å²) in [5.41, 5.74) is 1.34. The molecular weight excluding hydrogens is 523 g/mol. The fraction of sp³-hybridized carbons (Fsp3) is 0. The second-order valence-electron chi connectivity index (χ2n) is 6.14. The summed E-state index contributed by atoms with van der Waals surface area (Å²) < 4.78 is 6.93. The quantitative estimate of drug-likeness (QED) is 0.221. The maximum Gasteiger partial charge on any atom is 0.270 e. The van der Waals surface area contributed by atoms with Gasteiger partial charge in [-0.3, -0.25) is 19.8 Å². The van der Waals surface area contributed by atoms with E-state index in [1.807, 2.05) is 24.3 Å². The molecule has 4 rings (SSSR count). The third-order valence-corrected chi connectivity index (χ3v) is 5.48. The number of rotatable bonds is 3. The molecular formula is C21H12ClIN2O3S. The lowest BCUT2D eigenvalue weighted by molar-refractivity contribution is -0.122. The summed E-state index contributed by atoms with van der Waals surface area (Å²) in [7, 11) is 0. The Morgan fingerprint density at radius 3 is 2.38 bits per heavy atom. The van der Waals surface area contributed by atoms with Crippen LogP contribution in [0.2, 0.25) is 5.02 Å². The van der Waals surface area contributed by atoms with Gasteiger partial charge in [0.15, 0.2) is 5.11 Å². The molecule has 0 unspecified atom stereocenters. The number of furan rings is 1. The second kappa shape index (κ2) is 8.10. The fourth-order valence-electron chi connectivity index (χ4n) is 2.82. The van der Waals surface area contributed by atoms with Gasteiger partial charge in [-0.2, -0.15) is 0 Å². The van der Waals surface area contributed by atoms with E-state index in [-0.39, 0.29) is 10.7 Å². The fourth-order valence-corrected chi connectivity index (χ4v) is 3.59. The van der Waals surface area contributed by atoms with Crippen molar-refractivity contribution in [3.63, 3.8) is 0 Å². The molecule has 0 radical (unpaired) electrons. The Morgan fingerprint density at radius 1 is 1.00 bits per heavy atom. The van der Waals surface area contributed by atoms with Crippen molar-refractivity contribution in [2.75, 3.05) is 4.90 Å². The monoisotopic (exact) mass is 534 g/mol. The minimum atomic E-state index is -0.572. The van der Waals surface area contributed by atoms with E-state index in [0.717, 1.165) is 9.13 Å². The van der Waals surface area contributed by atoms with Gasteiger partial charge in [0.1, 0.15) is 17.1 Å². The van der Waals surface area contributed by atoms with Crippen molar-refractivity contribution >= 4 is 75.1 Å². The van der Waals surface area contributed by atoms with Crippen molar-refractivity contribution in [3.8, 4) is 11.3 Å². The molecule has 0 atom stereocenters. The van der Waals surface area contributed by atoms with Crippen molar-refractivity contribution in [2.24, 2.45) is 0 Å². The minimum absolute atomic E-state index is 0.0125. The zero-order valence-corrected chi connectivity index (χ0v) is 18.4. The van der Waals surface area contributed by atoms with Crippen LogP contribution in [-0.4, -0.2) is 16.9 Å². The lowest BCUT2D eigenvalue weighted by atomic mass is 10.1. The number of carbonyl (C=O) groups is 2. The molecule has 0 aliphatic carbocycles. The highest BCUT2D eigenvalue weighted by Crippen LogP contribution is 2.27. The molecule has 2 aromatic carbocycles. The topological polar surface area (TPSA) is 62.6 Å². The van der Waals surface area contributed by atoms with Gasteiger partial charge < -0.3 is 4.42 Å². The van der Waals surface area contributed by atoms with E-state index in [4.69, 9.17) is 28.2 Å². The van der Waals surface area contributed by atoms with Gasteiger partial charge in [0, 0.05) is 14.2 Å². The van der Waals surface area contributed by atoms with Crippen LogP contribution in [0.15, 0.2) is 70.7 Å². The van der Waals surface area contributed by atoms with Crippen LogP contribution in [0.1, 0.15) is 5.76 Å². The highest BCUT2D eigenvalue weighted by molar-refractivity contribution is 14.1. The number of carbonyl (C=O) groups excluding carboxylic acids is 2. The van der Waals surface area contributed by atoms with Crippen LogP contribution in [-0.2, 0) is 9.59 Å². The molecule has 0 spiro atoms. The molecule has 1 aliphatic heterocycles. The van der Waals surface area contributed by atoms with Crippen molar-refractivity contribution in [1.29, 1.82) is 0 Å². The summed E-state index contributed by atoms with van der Waals surface area (Å²) in [6.07, 6.45) is 1.42. The van der Waals surface area contributed by atoms with E-state index in [2.05, 4.69) is 27.9 Å².